The summed E-state index contributed by atoms with van der Waals surface area (Å²) in [5, 5.41) is 25.5. The Kier molecular flexibility index (Phi) is 5.95. The highest BCUT2D eigenvalue weighted by Crippen LogP contribution is 2.49. The van der Waals surface area contributed by atoms with Gasteiger partial charge in [-0.1, -0.05) is 19.0 Å². The van der Waals surface area contributed by atoms with Crippen molar-refractivity contribution < 1.29 is 29.4 Å². The van der Waals surface area contributed by atoms with E-state index in [0.717, 1.165) is 12.8 Å². The van der Waals surface area contributed by atoms with E-state index < -0.39 is 30.0 Å². The van der Waals surface area contributed by atoms with Crippen molar-refractivity contribution in [3.8, 4) is 0 Å². The fraction of sp³-hybridized carbons (Fsp3) is 0.857. The number of rotatable bonds is 5. The molecule has 2 saturated heterocycles. The maximum Gasteiger partial charge on any atom is 0.233 e. The molecule has 2 aliphatic heterocycles. The molecule has 0 aromatic heterocycles. The molecule has 0 unspecified atom stereocenters. The lowest BCUT2D eigenvalue weighted by Gasteiger charge is -2.45. The van der Waals surface area contributed by atoms with Crippen LogP contribution < -0.4 is 0 Å². The lowest BCUT2D eigenvalue weighted by Crippen LogP contribution is -2.54. The minimum Gasteiger partial charge on any atom is -0.396 e. The van der Waals surface area contributed by atoms with Gasteiger partial charge in [0.15, 0.2) is 0 Å². The van der Waals surface area contributed by atoms with Gasteiger partial charge >= 0.3 is 0 Å². The third-order valence-electron chi connectivity index (χ3n) is 6.87. The summed E-state index contributed by atoms with van der Waals surface area (Å²) in [6.45, 7) is 5.48. The number of ether oxygens (including phenoxy) is 1. The molecule has 2 N–H and O–H groups in total. The molecule has 0 aromatic carbocycles. The Hall–Kier alpha value is -1.51. The van der Waals surface area contributed by atoms with Crippen LogP contribution in [0.15, 0.2) is 5.16 Å². The number of oxime groups is 1. The van der Waals surface area contributed by atoms with Gasteiger partial charge in [-0.3, -0.25) is 14.5 Å². The van der Waals surface area contributed by atoms with Crippen molar-refractivity contribution in [2.75, 3.05) is 19.8 Å². The molecule has 4 aliphatic rings. The van der Waals surface area contributed by atoms with Crippen LogP contribution in [0.5, 0.6) is 0 Å². The molecule has 2 amide bonds. The maximum atomic E-state index is 13.2. The number of carbonyl (C=O) groups excluding carboxylic acids is 2. The molecular weight excluding hydrogens is 376 g/mol. The first-order chi connectivity index (χ1) is 13.9. The Morgan fingerprint density at radius 1 is 1.17 bits per heavy atom. The minimum atomic E-state index is -1.05. The number of fused-ring (bicyclic) bond motifs is 3. The van der Waals surface area contributed by atoms with Crippen LogP contribution in [0.25, 0.3) is 0 Å². The van der Waals surface area contributed by atoms with Crippen molar-refractivity contribution in [2.45, 2.75) is 64.3 Å². The molecule has 29 heavy (non-hydrogen) atoms. The molecule has 2 saturated carbocycles. The van der Waals surface area contributed by atoms with Gasteiger partial charge in [-0.25, -0.2) is 0 Å². The van der Waals surface area contributed by atoms with Crippen LogP contribution in [-0.4, -0.2) is 70.7 Å². The molecule has 4 fully saturated rings. The van der Waals surface area contributed by atoms with Gasteiger partial charge < -0.3 is 19.8 Å². The molecule has 0 radical (unpaired) electrons. The normalized spacial score (nSPS) is 41.2. The first-order valence-corrected chi connectivity index (χ1v) is 10.9. The maximum absolute atomic E-state index is 13.2. The second-order valence-corrected chi connectivity index (χ2v) is 9.35. The van der Waals surface area contributed by atoms with Gasteiger partial charge in [-0.05, 0) is 31.6 Å². The topological polar surface area (TPSA) is 109 Å². The molecule has 8 nitrogen and oxygen atoms in total. The highest BCUT2D eigenvalue weighted by Gasteiger charge is 2.59. The summed E-state index contributed by atoms with van der Waals surface area (Å²) in [5.41, 5.74) is 0.699. The molecule has 2 heterocycles. The second-order valence-electron chi connectivity index (χ2n) is 9.35. The van der Waals surface area contributed by atoms with E-state index in [1.165, 1.54) is 4.90 Å². The SMILES string of the molecule is CC(C)CO/N=C1/C[C@@H](O)[C@@H](O)[C@@H]2[C@@H]3C(=O)N(C[C@@H]4CCCO4)C(=O)[C@H]3CC[C@@H]12. The van der Waals surface area contributed by atoms with Crippen molar-refractivity contribution in [2.24, 2.45) is 34.7 Å². The molecule has 7 atom stereocenters. The summed E-state index contributed by atoms with van der Waals surface area (Å²) in [4.78, 5) is 33.0. The van der Waals surface area contributed by atoms with Crippen LogP contribution in [-0.2, 0) is 19.2 Å². The van der Waals surface area contributed by atoms with E-state index in [-0.39, 0.29) is 30.3 Å². The van der Waals surface area contributed by atoms with E-state index in [9.17, 15) is 19.8 Å². The number of likely N-dealkylation sites (tertiary alicyclic amines) is 1. The minimum absolute atomic E-state index is 0.0951. The fourth-order valence-corrected chi connectivity index (χ4v) is 5.48. The van der Waals surface area contributed by atoms with Crippen LogP contribution in [0.4, 0.5) is 0 Å². The molecular formula is C21H32N2O6. The van der Waals surface area contributed by atoms with Crippen molar-refractivity contribution in [1.82, 2.24) is 4.90 Å². The Morgan fingerprint density at radius 3 is 2.62 bits per heavy atom. The molecule has 8 heteroatoms. The van der Waals surface area contributed by atoms with Gasteiger partial charge in [0.05, 0.1) is 42.4 Å². The van der Waals surface area contributed by atoms with Gasteiger partial charge in [-0.2, -0.15) is 0 Å². The predicted molar refractivity (Wildman–Crippen MR) is 104 cm³/mol. The van der Waals surface area contributed by atoms with Gasteiger partial charge in [0.25, 0.3) is 0 Å². The number of amides is 2. The number of aliphatic hydroxyl groups excluding tert-OH is 2. The summed E-state index contributed by atoms with van der Waals surface area (Å²) in [6, 6.07) is 0. The Balaban J connectivity index is 1.56. The number of aliphatic hydroxyl groups is 2. The fourth-order valence-electron chi connectivity index (χ4n) is 5.48. The number of nitrogens with zero attached hydrogens (tertiary/aromatic N) is 2. The Labute approximate surface area is 171 Å². The molecule has 162 valence electrons. The van der Waals surface area contributed by atoms with E-state index in [0.29, 0.717) is 44.2 Å². The first-order valence-electron chi connectivity index (χ1n) is 10.9. The quantitative estimate of drug-likeness (QED) is 0.518. The smallest absolute Gasteiger partial charge is 0.233 e. The van der Waals surface area contributed by atoms with Crippen molar-refractivity contribution in [3.05, 3.63) is 0 Å². The van der Waals surface area contributed by atoms with Crippen LogP contribution in [0.2, 0.25) is 0 Å². The third kappa shape index (κ3) is 3.82. The van der Waals surface area contributed by atoms with Crippen LogP contribution in [0.1, 0.15) is 46.0 Å². The van der Waals surface area contributed by atoms with Crippen molar-refractivity contribution in [3.63, 3.8) is 0 Å². The molecule has 0 spiro atoms. The summed E-state index contributed by atoms with van der Waals surface area (Å²) in [5.74, 6) is -1.76. The summed E-state index contributed by atoms with van der Waals surface area (Å²) < 4.78 is 5.62. The van der Waals surface area contributed by atoms with Gasteiger partial charge in [0, 0.05) is 24.9 Å². The highest BCUT2D eigenvalue weighted by atomic mass is 16.6. The zero-order chi connectivity index (χ0) is 20.7. The average molecular weight is 408 g/mol. The summed E-state index contributed by atoms with van der Waals surface area (Å²) in [6.07, 6.45) is 1.13. The van der Waals surface area contributed by atoms with Crippen LogP contribution in [0.3, 0.4) is 0 Å². The van der Waals surface area contributed by atoms with E-state index in [1.807, 2.05) is 13.8 Å². The van der Waals surface area contributed by atoms with Gasteiger partial charge in [0.1, 0.15) is 6.61 Å². The lowest BCUT2D eigenvalue weighted by molar-refractivity contribution is -0.143. The number of carbonyl (C=O) groups is 2. The van der Waals surface area contributed by atoms with Crippen molar-refractivity contribution in [1.29, 1.82) is 0 Å². The molecule has 0 bridgehead atoms. The van der Waals surface area contributed by atoms with E-state index in [2.05, 4.69) is 5.16 Å². The monoisotopic (exact) mass is 408 g/mol. The summed E-state index contributed by atoms with van der Waals surface area (Å²) >= 11 is 0. The predicted octanol–water partition coefficient (Wildman–Crippen LogP) is 0.947. The van der Waals surface area contributed by atoms with Crippen LogP contribution in [0, 0.1) is 29.6 Å². The zero-order valence-corrected chi connectivity index (χ0v) is 17.2. The van der Waals surface area contributed by atoms with Gasteiger partial charge in [0.2, 0.25) is 11.8 Å². The second kappa shape index (κ2) is 8.32. The zero-order valence-electron chi connectivity index (χ0n) is 17.2. The summed E-state index contributed by atoms with van der Waals surface area (Å²) in [7, 11) is 0. The molecule has 4 rings (SSSR count). The number of imide groups is 1. The third-order valence-corrected chi connectivity index (χ3v) is 6.87. The van der Waals surface area contributed by atoms with Crippen molar-refractivity contribution >= 4 is 17.5 Å². The molecule has 2 aliphatic carbocycles. The average Bonchev–Trinajstić information content (AvgIpc) is 3.28. The standard InChI is InChI=1S/C21H32N2O6/c1-11(2)10-29-22-15-8-16(24)19(25)17-13(15)5-6-14-18(17)21(27)23(20(14)26)9-12-4-3-7-28-12/h11-14,16-19,24-25H,3-10H2,1-2H3/b22-15-/t12-,13-,14-,16+,17-,18+,19+/m0/s1. The highest BCUT2D eigenvalue weighted by molar-refractivity contribution is 6.06. The van der Waals surface area contributed by atoms with E-state index in [4.69, 9.17) is 9.57 Å². The largest absolute Gasteiger partial charge is 0.396 e. The first kappa shape index (κ1) is 20.8. The Bertz CT molecular complexity index is 674. The number of hydrogen-bond acceptors (Lipinski definition) is 7. The Morgan fingerprint density at radius 2 is 1.93 bits per heavy atom. The van der Waals surface area contributed by atoms with E-state index in [1.54, 1.807) is 0 Å². The molecule has 0 aromatic rings. The van der Waals surface area contributed by atoms with Gasteiger partial charge in [-0.15, -0.1) is 0 Å². The number of hydrogen-bond donors (Lipinski definition) is 2. The van der Waals surface area contributed by atoms with Crippen LogP contribution >= 0.6 is 0 Å². The van der Waals surface area contributed by atoms with E-state index >= 15 is 0 Å². The lowest BCUT2D eigenvalue weighted by atomic mass is 9.60.